The summed E-state index contributed by atoms with van der Waals surface area (Å²) in [4.78, 5) is 11.2. The summed E-state index contributed by atoms with van der Waals surface area (Å²) in [5.41, 5.74) is 5.30. The van der Waals surface area contributed by atoms with Gasteiger partial charge < -0.3 is 15.6 Å². The maximum atomic E-state index is 11.2. The Hall–Kier alpha value is -1.96. The fourth-order valence-corrected chi connectivity index (χ4v) is 0.804. The van der Waals surface area contributed by atoms with Gasteiger partial charge in [0.1, 0.15) is 11.3 Å². The van der Waals surface area contributed by atoms with Gasteiger partial charge in [0, 0.05) is 5.70 Å². The molecule has 5 nitrogen and oxygen atoms in total. The standard InChI is InChI=1S/C9H12N2O3/c1-3-14-9(13)8(6(2)11)7(12)4-5-10/h4,12H,3,11H2,1-2H3. The number of nitrogens with zero attached hydrogens (tertiary/aromatic N) is 1. The van der Waals surface area contributed by atoms with Gasteiger partial charge in [0.25, 0.3) is 0 Å². The zero-order valence-corrected chi connectivity index (χ0v) is 8.07. The molecule has 0 radical (unpaired) electrons. The normalized spacial score (nSPS) is 12.8. The van der Waals surface area contributed by atoms with E-state index in [2.05, 4.69) is 4.74 Å². The number of aliphatic hydroxyl groups excluding tert-OH is 1. The first kappa shape index (κ1) is 12.0. The molecular weight excluding hydrogens is 184 g/mol. The zero-order valence-electron chi connectivity index (χ0n) is 8.07. The second-order valence-electron chi connectivity index (χ2n) is 2.44. The van der Waals surface area contributed by atoms with E-state index in [4.69, 9.17) is 11.0 Å². The average Bonchev–Trinajstić information content (AvgIpc) is 2.04. The molecule has 0 aliphatic rings. The third-order valence-electron chi connectivity index (χ3n) is 1.33. The second kappa shape index (κ2) is 5.65. The summed E-state index contributed by atoms with van der Waals surface area (Å²) in [6, 6.07) is 1.59. The third-order valence-corrected chi connectivity index (χ3v) is 1.33. The smallest absolute Gasteiger partial charge is 0.343 e. The monoisotopic (exact) mass is 196 g/mol. The molecule has 0 aliphatic carbocycles. The Kier molecular flexibility index (Phi) is 4.86. The van der Waals surface area contributed by atoms with Gasteiger partial charge in [0.2, 0.25) is 0 Å². The summed E-state index contributed by atoms with van der Waals surface area (Å²) in [5, 5.41) is 17.6. The van der Waals surface area contributed by atoms with E-state index in [1.165, 1.54) is 6.92 Å². The summed E-state index contributed by atoms with van der Waals surface area (Å²) < 4.78 is 4.65. The quantitative estimate of drug-likeness (QED) is 0.228. The molecule has 5 heteroatoms. The Morgan fingerprint density at radius 2 is 2.29 bits per heavy atom. The molecule has 0 unspecified atom stereocenters. The predicted octanol–water partition coefficient (Wildman–Crippen LogP) is 0.748. The molecule has 0 aromatic rings. The van der Waals surface area contributed by atoms with Gasteiger partial charge in [0.15, 0.2) is 0 Å². The number of esters is 1. The molecule has 0 spiro atoms. The lowest BCUT2D eigenvalue weighted by Crippen LogP contribution is -2.14. The van der Waals surface area contributed by atoms with Crippen molar-refractivity contribution in [2.45, 2.75) is 13.8 Å². The molecule has 0 fully saturated rings. The molecular formula is C9H12N2O3. The third kappa shape index (κ3) is 3.19. The van der Waals surface area contributed by atoms with Crippen LogP contribution in [0.3, 0.4) is 0 Å². The molecule has 14 heavy (non-hydrogen) atoms. The van der Waals surface area contributed by atoms with Crippen LogP contribution in [0.1, 0.15) is 13.8 Å². The first-order valence-electron chi connectivity index (χ1n) is 3.97. The Labute approximate surface area is 82.1 Å². The zero-order chi connectivity index (χ0) is 11.1. The molecule has 76 valence electrons. The van der Waals surface area contributed by atoms with E-state index in [1.807, 2.05) is 0 Å². The lowest BCUT2D eigenvalue weighted by Gasteiger charge is -2.06. The fourth-order valence-electron chi connectivity index (χ4n) is 0.804. The number of rotatable bonds is 3. The van der Waals surface area contributed by atoms with Crippen molar-refractivity contribution in [3.63, 3.8) is 0 Å². The van der Waals surface area contributed by atoms with Crippen LogP contribution in [0.2, 0.25) is 0 Å². The summed E-state index contributed by atoms with van der Waals surface area (Å²) >= 11 is 0. The molecule has 0 saturated carbocycles. The Morgan fingerprint density at radius 3 is 2.64 bits per heavy atom. The van der Waals surface area contributed by atoms with Gasteiger partial charge in [-0.05, 0) is 13.8 Å². The summed E-state index contributed by atoms with van der Waals surface area (Å²) in [6.45, 7) is 3.25. The van der Waals surface area contributed by atoms with Gasteiger partial charge in [-0.3, -0.25) is 0 Å². The molecule has 0 aliphatic heterocycles. The molecule has 0 rings (SSSR count). The van der Waals surface area contributed by atoms with Crippen molar-refractivity contribution in [2.24, 2.45) is 5.73 Å². The minimum atomic E-state index is -0.739. The number of hydrogen-bond acceptors (Lipinski definition) is 5. The number of allylic oxidation sites excluding steroid dienone is 2. The largest absolute Gasteiger partial charge is 0.506 e. The van der Waals surface area contributed by atoms with Gasteiger partial charge in [0.05, 0.1) is 18.8 Å². The van der Waals surface area contributed by atoms with Crippen molar-refractivity contribution >= 4 is 5.97 Å². The van der Waals surface area contributed by atoms with E-state index < -0.39 is 11.7 Å². The van der Waals surface area contributed by atoms with E-state index in [1.54, 1.807) is 13.0 Å². The molecule has 3 N–H and O–H groups in total. The number of nitrogens with two attached hydrogens (primary N) is 1. The van der Waals surface area contributed by atoms with Crippen LogP contribution in [0, 0.1) is 11.3 Å². The van der Waals surface area contributed by atoms with Crippen LogP contribution in [0.15, 0.2) is 23.1 Å². The highest BCUT2D eigenvalue weighted by Crippen LogP contribution is 2.11. The highest BCUT2D eigenvalue weighted by atomic mass is 16.5. The van der Waals surface area contributed by atoms with Crippen molar-refractivity contribution < 1.29 is 14.6 Å². The maximum Gasteiger partial charge on any atom is 0.343 e. The van der Waals surface area contributed by atoms with E-state index in [9.17, 15) is 9.90 Å². The Balaban J connectivity index is 5.02. The minimum Gasteiger partial charge on any atom is -0.506 e. The summed E-state index contributed by atoms with van der Waals surface area (Å²) in [6.07, 6.45) is 0.822. The lowest BCUT2D eigenvalue weighted by atomic mass is 10.1. The number of ether oxygens (including phenoxy) is 1. The van der Waals surface area contributed by atoms with E-state index in [0.29, 0.717) is 0 Å². The number of hydrogen-bond donors (Lipinski definition) is 2. The topological polar surface area (TPSA) is 96.3 Å². The number of aliphatic hydroxyl groups is 1. The maximum absolute atomic E-state index is 11.2. The first-order valence-corrected chi connectivity index (χ1v) is 3.97. The van der Waals surface area contributed by atoms with Gasteiger partial charge in [-0.25, -0.2) is 4.79 Å². The highest BCUT2D eigenvalue weighted by Gasteiger charge is 2.17. The van der Waals surface area contributed by atoms with Crippen LogP contribution in [0.5, 0.6) is 0 Å². The summed E-state index contributed by atoms with van der Waals surface area (Å²) in [5.74, 6) is -1.22. The molecule has 0 aromatic carbocycles. The first-order chi connectivity index (χ1) is 6.54. The SMILES string of the molecule is CCOC(=O)C(C(O)=CC#N)=C(C)N. The van der Waals surface area contributed by atoms with Gasteiger partial charge in [-0.2, -0.15) is 5.26 Å². The van der Waals surface area contributed by atoms with Gasteiger partial charge in [-0.15, -0.1) is 0 Å². The van der Waals surface area contributed by atoms with E-state index in [0.717, 1.165) is 6.08 Å². The Bertz CT molecular complexity index is 319. The summed E-state index contributed by atoms with van der Waals surface area (Å²) in [7, 11) is 0. The number of carbonyl (C=O) groups excluding carboxylic acids is 1. The lowest BCUT2D eigenvalue weighted by molar-refractivity contribution is -0.138. The van der Waals surface area contributed by atoms with Crippen molar-refractivity contribution in [3.8, 4) is 6.07 Å². The second-order valence-corrected chi connectivity index (χ2v) is 2.44. The van der Waals surface area contributed by atoms with Gasteiger partial charge in [-0.1, -0.05) is 0 Å². The van der Waals surface area contributed by atoms with Crippen molar-refractivity contribution in [1.29, 1.82) is 5.26 Å². The average molecular weight is 196 g/mol. The van der Waals surface area contributed by atoms with Crippen LogP contribution in [0.25, 0.3) is 0 Å². The molecule has 0 bridgehead atoms. The van der Waals surface area contributed by atoms with Crippen LogP contribution in [-0.2, 0) is 9.53 Å². The van der Waals surface area contributed by atoms with Crippen LogP contribution >= 0.6 is 0 Å². The van der Waals surface area contributed by atoms with Crippen LogP contribution in [-0.4, -0.2) is 17.7 Å². The number of carbonyl (C=O) groups is 1. The molecule has 0 saturated heterocycles. The minimum absolute atomic E-state index is 0.104. The molecule has 0 aromatic heterocycles. The fraction of sp³-hybridized carbons (Fsp3) is 0.333. The van der Waals surface area contributed by atoms with Crippen molar-refractivity contribution in [2.75, 3.05) is 6.61 Å². The molecule has 0 atom stereocenters. The van der Waals surface area contributed by atoms with E-state index in [-0.39, 0.29) is 17.9 Å². The molecule has 0 heterocycles. The van der Waals surface area contributed by atoms with E-state index >= 15 is 0 Å². The number of nitriles is 1. The predicted molar refractivity (Wildman–Crippen MR) is 49.8 cm³/mol. The van der Waals surface area contributed by atoms with Crippen molar-refractivity contribution in [1.82, 2.24) is 0 Å². The highest BCUT2D eigenvalue weighted by molar-refractivity contribution is 5.93. The van der Waals surface area contributed by atoms with Crippen molar-refractivity contribution in [3.05, 3.63) is 23.1 Å². The van der Waals surface area contributed by atoms with Crippen LogP contribution in [0.4, 0.5) is 0 Å². The van der Waals surface area contributed by atoms with Gasteiger partial charge >= 0.3 is 5.97 Å². The molecule has 0 amide bonds. The van der Waals surface area contributed by atoms with Crippen LogP contribution < -0.4 is 5.73 Å². The Morgan fingerprint density at radius 1 is 1.71 bits per heavy atom.